The van der Waals surface area contributed by atoms with Crippen LogP contribution in [0.2, 0.25) is 0 Å². The molecule has 1 rings (SSSR count). The summed E-state index contributed by atoms with van der Waals surface area (Å²) in [6.07, 6.45) is 2.50. The number of hydrogen-bond donors (Lipinski definition) is 0. The fourth-order valence-corrected chi connectivity index (χ4v) is 2.25. The summed E-state index contributed by atoms with van der Waals surface area (Å²) >= 11 is 1.94. The Morgan fingerprint density at radius 2 is 2.42 bits per heavy atom. The Hall–Kier alpha value is -0.440. The van der Waals surface area contributed by atoms with Crippen LogP contribution in [-0.2, 0) is 4.79 Å². The predicted molar refractivity (Wildman–Crippen MR) is 53.3 cm³/mol. The van der Waals surface area contributed by atoms with Gasteiger partial charge in [0.2, 0.25) is 5.91 Å². The third kappa shape index (κ3) is 2.55. The van der Waals surface area contributed by atoms with Gasteiger partial charge in [-0.1, -0.05) is 13.5 Å². The molecule has 0 aromatic carbocycles. The van der Waals surface area contributed by atoms with Crippen molar-refractivity contribution in [2.24, 2.45) is 0 Å². The van der Waals surface area contributed by atoms with Crippen molar-refractivity contribution in [2.45, 2.75) is 18.6 Å². The minimum atomic E-state index is 0.0738. The summed E-state index contributed by atoms with van der Waals surface area (Å²) in [5.74, 6) is 1.13. The van der Waals surface area contributed by atoms with Gasteiger partial charge in [0.25, 0.3) is 0 Å². The zero-order chi connectivity index (χ0) is 8.97. The highest BCUT2D eigenvalue weighted by molar-refractivity contribution is 7.99. The lowest BCUT2D eigenvalue weighted by molar-refractivity contribution is -0.125. The molecule has 1 saturated heterocycles. The van der Waals surface area contributed by atoms with Gasteiger partial charge in [-0.3, -0.25) is 4.79 Å². The summed E-state index contributed by atoms with van der Waals surface area (Å²) in [6.45, 7) is 7.47. The van der Waals surface area contributed by atoms with Gasteiger partial charge in [-0.05, 0) is 12.5 Å². The Labute approximate surface area is 78.0 Å². The molecule has 1 fully saturated rings. The van der Waals surface area contributed by atoms with E-state index in [1.54, 1.807) is 0 Å². The molecule has 0 spiro atoms. The Morgan fingerprint density at radius 3 is 3.08 bits per heavy atom. The van der Waals surface area contributed by atoms with E-state index in [0.29, 0.717) is 5.25 Å². The molecule has 1 atom stereocenters. The highest BCUT2D eigenvalue weighted by atomic mass is 32.2. The van der Waals surface area contributed by atoms with Crippen molar-refractivity contribution < 1.29 is 4.79 Å². The SMILES string of the molecule is C=CC(=O)N1CCSC(C)CC1. The highest BCUT2D eigenvalue weighted by Gasteiger charge is 2.15. The molecule has 1 unspecified atom stereocenters. The van der Waals surface area contributed by atoms with Crippen molar-refractivity contribution in [3.05, 3.63) is 12.7 Å². The van der Waals surface area contributed by atoms with E-state index in [-0.39, 0.29) is 5.91 Å². The van der Waals surface area contributed by atoms with Gasteiger partial charge in [0.05, 0.1) is 0 Å². The topological polar surface area (TPSA) is 20.3 Å². The van der Waals surface area contributed by atoms with Gasteiger partial charge < -0.3 is 4.90 Å². The number of thioether (sulfide) groups is 1. The van der Waals surface area contributed by atoms with Gasteiger partial charge >= 0.3 is 0 Å². The molecule has 1 aliphatic heterocycles. The van der Waals surface area contributed by atoms with Crippen LogP contribution < -0.4 is 0 Å². The molecular weight excluding hydrogens is 170 g/mol. The minimum Gasteiger partial charge on any atom is -0.338 e. The monoisotopic (exact) mass is 185 g/mol. The Kier molecular flexibility index (Phi) is 3.66. The molecule has 0 aromatic rings. The second-order valence-electron chi connectivity index (χ2n) is 3.00. The van der Waals surface area contributed by atoms with Gasteiger partial charge in [-0.25, -0.2) is 0 Å². The molecule has 0 N–H and O–H groups in total. The van der Waals surface area contributed by atoms with Crippen LogP contribution in [0.1, 0.15) is 13.3 Å². The first-order valence-electron chi connectivity index (χ1n) is 4.27. The summed E-state index contributed by atoms with van der Waals surface area (Å²) in [5, 5.41) is 0.688. The average Bonchev–Trinajstić information content (AvgIpc) is 2.29. The lowest BCUT2D eigenvalue weighted by Gasteiger charge is -2.17. The number of hydrogen-bond acceptors (Lipinski definition) is 2. The zero-order valence-electron chi connectivity index (χ0n) is 7.45. The van der Waals surface area contributed by atoms with E-state index in [4.69, 9.17) is 0 Å². The van der Waals surface area contributed by atoms with Crippen molar-refractivity contribution >= 4 is 17.7 Å². The van der Waals surface area contributed by atoms with Crippen LogP contribution in [-0.4, -0.2) is 34.9 Å². The minimum absolute atomic E-state index is 0.0738. The maximum Gasteiger partial charge on any atom is 0.245 e. The Morgan fingerprint density at radius 1 is 1.67 bits per heavy atom. The number of carbonyl (C=O) groups is 1. The largest absolute Gasteiger partial charge is 0.338 e. The summed E-state index contributed by atoms with van der Waals surface area (Å²) in [5.41, 5.74) is 0. The van der Waals surface area contributed by atoms with Crippen LogP contribution in [0.15, 0.2) is 12.7 Å². The molecular formula is C9H15NOS. The van der Waals surface area contributed by atoms with E-state index >= 15 is 0 Å². The van der Waals surface area contributed by atoms with Crippen molar-refractivity contribution in [1.82, 2.24) is 4.90 Å². The summed E-state index contributed by atoms with van der Waals surface area (Å²) in [6, 6.07) is 0. The van der Waals surface area contributed by atoms with Crippen molar-refractivity contribution in [2.75, 3.05) is 18.8 Å². The molecule has 12 heavy (non-hydrogen) atoms. The molecule has 0 radical (unpaired) electrons. The highest BCUT2D eigenvalue weighted by Crippen LogP contribution is 2.18. The molecule has 1 amide bonds. The van der Waals surface area contributed by atoms with E-state index in [0.717, 1.165) is 25.3 Å². The molecule has 0 bridgehead atoms. The first kappa shape index (κ1) is 9.65. The summed E-state index contributed by atoms with van der Waals surface area (Å²) in [7, 11) is 0. The lowest BCUT2D eigenvalue weighted by atomic mass is 10.3. The molecule has 1 heterocycles. The lowest BCUT2D eigenvalue weighted by Crippen LogP contribution is -2.31. The molecule has 68 valence electrons. The number of amides is 1. The number of carbonyl (C=O) groups excluding carboxylic acids is 1. The predicted octanol–water partition coefficient (Wildman–Crippen LogP) is 1.53. The Balaban J connectivity index is 2.45. The molecule has 1 aliphatic rings. The van der Waals surface area contributed by atoms with Gasteiger partial charge in [0.1, 0.15) is 0 Å². The normalized spacial score (nSPS) is 24.8. The van der Waals surface area contributed by atoms with Crippen LogP contribution in [0.3, 0.4) is 0 Å². The van der Waals surface area contributed by atoms with Crippen molar-refractivity contribution in [1.29, 1.82) is 0 Å². The van der Waals surface area contributed by atoms with Crippen LogP contribution in [0, 0.1) is 0 Å². The number of rotatable bonds is 1. The molecule has 2 nitrogen and oxygen atoms in total. The second kappa shape index (κ2) is 4.55. The summed E-state index contributed by atoms with van der Waals surface area (Å²) < 4.78 is 0. The quantitative estimate of drug-likeness (QED) is 0.577. The van der Waals surface area contributed by atoms with Gasteiger partial charge in [0, 0.05) is 24.1 Å². The molecule has 0 aromatic heterocycles. The van der Waals surface area contributed by atoms with Crippen LogP contribution in [0.4, 0.5) is 0 Å². The fourth-order valence-electron chi connectivity index (χ4n) is 1.25. The average molecular weight is 185 g/mol. The van der Waals surface area contributed by atoms with Crippen molar-refractivity contribution in [3.8, 4) is 0 Å². The van der Waals surface area contributed by atoms with Crippen LogP contribution in [0.5, 0.6) is 0 Å². The van der Waals surface area contributed by atoms with Gasteiger partial charge in [0.15, 0.2) is 0 Å². The second-order valence-corrected chi connectivity index (χ2v) is 4.55. The van der Waals surface area contributed by atoms with E-state index in [1.807, 2.05) is 16.7 Å². The maximum absolute atomic E-state index is 11.2. The fraction of sp³-hybridized carbons (Fsp3) is 0.667. The first-order valence-corrected chi connectivity index (χ1v) is 5.32. The van der Waals surface area contributed by atoms with Gasteiger partial charge in [-0.2, -0.15) is 11.8 Å². The van der Waals surface area contributed by atoms with Crippen LogP contribution in [0.25, 0.3) is 0 Å². The zero-order valence-corrected chi connectivity index (χ0v) is 8.27. The summed E-state index contributed by atoms with van der Waals surface area (Å²) in [4.78, 5) is 13.1. The van der Waals surface area contributed by atoms with Gasteiger partial charge in [-0.15, -0.1) is 0 Å². The van der Waals surface area contributed by atoms with E-state index in [9.17, 15) is 4.79 Å². The standard InChI is InChI=1S/C9H15NOS/c1-3-9(11)10-5-4-8(2)12-7-6-10/h3,8H,1,4-7H2,2H3. The first-order chi connectivity index (χ1) is 5.74. The third-order valence-electron chi connectivity index (χ3n) is 2.06. The van der Waals surface area contributed by atoms with E-state index in [1.165, 1.54) is 6.08 Å². The molecule has 0 aliphatic carbocycles. The third-order valence-corrected chi connectivity index (χ3v) is 3.28. The van der Waals surface area contributed by atoms with E-state index < -0.39 is 0 Å². The van der Waals surface area contributed by atoms with E-state index in [2.05, 4.69) is 13.5 Å². The van der Waals surface area contributed by atoms with Crippen LogP contribution >= 0.6 is 11.8 Å². The maximum atomic E-state index is 11.2. The Bertz CT molecular complexity index is 181. The van der Waals surface area contributed by atoms with Crippen molar-refractivity contribution in [3.63, 3.8) is 0 Å². The number of nitrogens with zero attached hydrogens (tertiary/aromatic N) is 1. The molecule has 0 saturated carbocycles. The molecule has 3 heteroatoms. The smallest absolute Gasteiger partial charge is 0.245 e.